The van der Waals surface area contributed by atoms with Crippen molar-refractivity contribution in [1.82, 2.24) is 4.98 Å². The predicted octanol–water partition coefficient (Wildman–Crippen LogP) is 3.72. The maximum absolute atomic E-state index is 12.1. The van der Waals surface area contributed by atoms with E-state index in [0.717, 1.165) is 20.8 Å². The Morgan fingerprint density at radius 2 is 2.00 bits per heavy atom. The lowest BCUT2D eigenvalue weighted by atomic mass is 10.2. The molecule has 0 saturated carbocycles. The summed E-state index contributed by atoms with van der Waals surface area (Å²) in [4.78, 5) is 4.45. The Kier molecular flexibility index (Phi) is 3.62. The molecule has 0 aliphatic rings. The molecule has 0 spiro atoms. The Hall–Kier alpha value is -2.34. The van der Waals surface area contributed by atoms with Crippen LogP contribution in [0.5, 0.6) is 17.2 Å². The van der Waals surface area contributed by atoms with Gasteiger partial charge < -0.3 is 14.9 Å². The Balaban J connectivity index is 1.96. The molecule has 0 atom stereocenters. The molecule has 2 N–H and O–H groups in total. The zero-order valence-corrected chi connectivity index (χ0v) is 11.7. The first-order valence-corrected chi connectivity index (χ1v) is 7.11. The zero-order chi connectivity index (χ0) is 14.8. The van der Waals surface area contributed by atoms with E-state index in [4.69, 9.17) is 4.74 Å². The van der Waals surface area contributed by atoms with Gasteiger partial charge in [0.15, 0.2) is 11.5 Å². The summed E-state index contributed by atoms with van der Waals surface area (Å²) in [7, 11) is 0. The fourth-order valence-corrected chi connectivity index (χ4v) is 2.95. The van der Waals surface area contributed by atoms with E-state index in [1.165, 1.54) is 17.4 Å². The van der Waals surface area contributed by atoms with Crippen LogP contribution < -0.4 is 4.74 Å². The van der Waals surface area contributed by atoms with Gasteiger partial charge in [-0.15, -0.1) is 11.3 Å². The van der Waals surface area contributed by atoms with Gasteiger partial charge >= 0.3 is 0 Å². The molecule has 1 aromatic heterocycles. The number of rotatable bonds is 4. The molecule has 108 valence electrons. The van der Waals surface area contributed by atoms with E-state index in [-0.39, 0.29) is 23.9 Å². The fraction of sp³-hybridized carbons (Fsp3) is 0.133. The third-order valence-corrected chi connectivity index (χ3v) is 3.98. The predicted molar refractivity (Wildman–Crippen MR) is 79.9 cm³/mol. The van der Waals surface area contributed by atoms with E-state index in [1.54, 1.807) is 30.3 Å². The normalized spacial score (nSPS) is 10.9. The van der Waals surface area contributed by atoms with Crippen LogP contribution in [-0.2, 0) is 0 Å². The smallest absolute Gasteiger partial charge is 0.161 e. The lowest BCUT2D eigenvalue weighted by molar-refractivity contribution is 0.262. The number of ether oxygens (including phenoxy) is 1. The zero-order valence-electron chi connectivity index (χ0n) is 10.9. The second kappa shape index (κ2) is 5.57. The van der Waals surface area contributed by atoms with Crippen LogP contribution in [0.25, 0.3) is 20.8 Å². The van der Waals surface area contributed by atoms with Crippen LogP contribution in [0.2, 0.25) is 0 Å². The summed E-state index contributed by atoms with van der Waals surface area (Å²) in [6, 6.07) is 9.84. The highest BCUT2D eigenvalue weighted by atomic mass is 32.1. The lowest BCUT2D eigenvalue weighted by Gasteiger charge is -2.06. The van der Waals surface area contributed by atoms with Gasteiger partial charge in [0.05, 0.1) is 10.2 Å². The number of nitrogens with zero attached hydrogens (tertiary/aromatic N) is 1. The summed E-state index contributed by atoms with van der Waals surface area (Å²) in [5, 5.41) is 20.1. The first kappa shape index (κ1) is 13.6. The number of benzene rings is 2. The molecule has 0 amide bonds. The third kappa shape index (κ3) is 2.75. The molecule has 3 aromatic rings. The van der Waals surface area contributed by atoms with Gasteiger partial charge in [-0.05, 0) is 36.4 Å². The fourth-order valence-electron chi connectivity index (χ4n) is 1.96. The van der Waals surface area contributed by atoms with Crippen molar-refractivity contribution in [2.75, 3.05) is 13.3 Å². The summed E-state index contributed by atoms with van der Waals surface area (Å²) >= 11 is 1.41. The number of aromatic hydroxyl groups is 2. The number of fused-ring (bicyclic) bond motifs is 1. The number of aromatic nitrogens is 1. The SMILES string of the molecule is Oc1ccc2nc(-c3ccc(OCCF)c(O)c3)sc2c1. The minimum absolute atomic E-state index is 0.0527. The number of hydrogen-bond donors (Lipinski definition) is 2. The van der Waals surface area contributed by atoms with Gasteiger partial charge in [-0.3, -0.25) is 0 Å². The summed E-state index contributed by atoms with van der Waals surface area (Å²) < 4.78 is 18.0. The van der Waals surface area contributed by atoms with Gasteiger partial charge in [-0.25, -0.2) is 9.37 Å². The molecule has 21 heavy (non-hydrogen) atoms. The van der Waals surface area contributed by atoms with Crippen LogP contribution in [-0.4, -0.2) is 28.5 Å². The highest BCUT2D eigenvalue weighted by Gasteiger charge is 2.10. The van der Waals surface area contributed by atoms with Crippen molar-refractivity contribution >= 4 is 21.6 Å². The van der Waals surface area contributed by atoms with Crippen LogP contribution in [0.4, 0.5) is 4.39 Å². The highest BCUT2D eigenvalue weighted by Crippen LogP contribution is 2.36. The largest absolute Gasteiger partial charge is 0.508 e. The van der Waals surface area contributed by atoms with Crippen LogP contribution in [0.1, 0.15) is 0 Å². The molecule has 0 radical (unpaired) electrons. The maximum atomic E-state index is 12.1. The number of alkyl halides is 1. The van der Waals surface area contributed by atoms with E-state index in [1.807, 2.05) is 0 Å². The van der Waals surface area contributed by atoms with Crippen molar-refractivity contribution in [2.24, 2.45) is 0 Å². The molecule has 0 unspecified atom stereocenters. The molecule has 1 heterocycles. The van der Waals surface area contributed by atoms with Crippen molar-refractivity contribution < 1.29 is 19.3 Å². The topological polar surface area (TPSA) is 62.6 Å². The van der Waals surface area contributed by atoms with Gasteiger partial charge in [-0.1, -0.05) is 0 Å². The molecule has 0 bridgehead atoms. The molecule has 3 rings (SSSR count). The van der Waals surface area contributed by atoms with Gasteiger partial charge in [0, 0.05) is 5.56 Å². The standard InChI is InChI=1S/C15H12FNO3S/c16-5-6-20-13-4-1-9(7-12(13)19)15-17-11-3-2-10(18)8-14(11)21-15/h1-4,7-8,18-19H,5-6H2. The number of phenols is 2. The Morgan fingerprint density at radius 3 is 2.76 bits per heavy atom. The summed E-state index contributed by atoms with van der Waals surface area (Å²) in [6.45, 7) is -0.699. The average molecular weight is 305 g/mol. The maximum Gasteiger partial charge on any atom is 0.161 e. The first-order valence-electron chi connectivity index (χ1n) is 6.29. The minimum atomic E-state index is -0.609. The summed E-state index contributed by atoms with van der Waals surface area (Å²) in [5.74, 6) is 0.383. The van der Waals surface area contributed by atoms with Gasteiger partial charge in [-0.2, -0.15) is 0 Å². The van der Waals surface area contributed by atoms with E-state index < -0.39 is 6.67 Å². The Labute approximate surface area is 124 Å². The second-order valence-corrected chi connectivity index (χ2v) is 5.42. The molecule has 0 saturated heterocycles. The van der Waals surface area contributed by atoms with Crippen molar-refractivity contribution in [3.05, 3.63) is 36.4 Å². The molecule has 0 aliphatic heterocycles. The van der Waals surface area contributed by atoms with Gasteiger partial charge in [0.2, 0.25) is 0 Å². The number of hydrogen-bond acceptors (Lipinski definition) is 5. The van der Waals surface area contributed by atoms with Crippen molar-refractivity contribution in [3.8, 4) is 27.8 Å². The molecule has 4 nitrogen and oxygen atoms in total. The van der Waals surface area contributed by atoms with Crippen LogP contribution in [0.15, 0.2) is 36.4 Å². The van der Waals surface area contributed by atoms with E-state index >= 15 is 0 Å². The number of thiazole rings is 1. The van der Waals surface area contributed by atoms with Crippen molar-refractivity contribution in [2.45, 2.75) is 0 Å². The third-order valence-electron chi connectivity index (χ3n) is 2.91. The molecular formula is C15H12FNO3S. The molecule has 2 aromatic carbocycles. The minimum Gasteiger partial charge on any atom is -0.508 e. The average Bonchev–Trinajstić information content (AvgIpc) is 2.89. The van der Waals surface area contributed by atoms with Gasteiger partial charge in [0.1, 0.15) is 24.0 Å². The van der Waals surface area contributed by atoms with E-state index in [2.05, 4.69) is 4.98 Å². The van der Waals surface area contributed by atoms with Crippen LogP contribution in [0, 0.1) is 0 Å². The van der Waals surface area contributed by atoms with Crippen LogP contribution >= 0.6 is 11.3 Å². The summed E-state index contributed by atoms with van der Waals surface area (Å²) in [5.41, 5.74) is 1.52. The van der Waals surface area contributed by atoms with E-state index in [9.17, 15) is 14.6 Å². The number of phenolic OH excluding ortho intramolecular Hbond substituents is 2. The monoisotopic (exact) mass is 305 g/mol. The van der Waals surface area contributed by atoms with Crippen LogP contribution in [0.3, 0.4) is 0 Å². The highest BCUT2D eigenvalue weighted by molar-refractivity contribution is 7.21. The van der Waals surface area contributed by atoms with E-state index in [0.29, 0.717) is 0 Å². The quantitative estimate of drug-likeness (QED) is 0.771. The Bertz CT molecular complexity index is 788. The molecule has 6 heteroatoms. The summed E-state index contributed by atoms with van der Waals surface area (Å²) in [6.07, 6.45) is 0. The van der Waals surface area contributed by atoms with Crippen molar-refractivity contribution in [1.29, 1.82) is 0 Å². The first-order chi connectivity index (χ1) is 10.2. The van der Waals surface area contributed by atoms with Crippen molar-refractivity contribution in [3.63, 3.8) is 0 Å². The molecular weight excluding hydrogens is 293 g/mol. The molecule has 0 fully saturated rings. The Morgan fingerprint density at radius 1 is 1.14 bits per heavy atom. The van der Waals surface area contributed by atoms with Gasteiger partial charge in [0.25, 0.3) is 0 Å². The molecule has 0 aliphatic carbocycles. The second-order valence-electron chi connectivity index (χ2n) is 4.39. The number of halogens is 1. The lowest BCUT2D eigenvalue weighted by Crippen LogP contribution is -1.98.